The van der Waals surface area contributed by atoms with Crippen LogP contribution in [-0.4, -0.2) is 50.7 Å². The van der Waals surface area contributed by atoms with Gasteiger partial charge in [-0.2, -0.15) is 0 Å². The second-order valence-electron chi connectivity index (χ2n) is 9.64. The van der Waals surface area contributed by atoms with Crippen LogP contribution in [0.25, 0.3) is 0 Å². The summed E-state index contributed by atoms with van der Waals surface area (Å²) in [5.74, 6) is 3.10. The molecule has 2 heterocycles. The van der Waals surface area contributed by atoms with Crippen LogP contribution in [0.2, 0.25) is 0 Å². The van der Waals surface area contributed by atoms with E-state index < -0.39 is 5.60 Å². The largest absolute Gasteiger partial charge is 0.508 e. The highest BCUT2D eigenvalue weighted by molar-refractivity contribution is 6.02. The van der Waals surface area contributed by atoms with Crippen LogP contribution in [0, 0.1) is 0 Å². The molecule has 0 amide bonds. The van der Waals surface area contributed by atoms with E-state index in [1.165, 1.54) is 5.56 Å². The van der Waals surface area contributed by atoms with Gasteiger partial charge in [-0.15, -0.1) is 0 Å². The van der Waals surface area contributed by atoms with E-state index in [-0.39, 0.29) is 11.5 Å². The molecule has 31 heavy (non-hydrogen) atoms. The lowest BCUT2D eigenvalue weighted by Crippen LogP contribution is -2.48. The van der Waals surface area contributed by atoms with E-state index in [4.69, 9.17) is 9.98 Å². The van der Waals surface area contributed by atoms with Crippen LogP contribution in [-0.2, 0) is 11.8 Å². The number of fused-ring (bicyclic) bond motifs is 3. The molecule has 4 aliphatic rings. The minimum Gasteiger partial charge on any atom is -0.508 e. The van der Waals surface area contributed by atoms with Gasteiger partial charge in [0.25, 0.3) is 0 Å². The fourth-order valence-corrected chi connectivity index (χ4v) is 5.36. The van der Waals surface area contributed by atoms with E-state index in [9.17, 15) is 10.2 Å². The minimum atomic E-state index is -0.445. The first-order chi connectivity index (χ1) is 15.0. The van der Waals surface area contributed by atoms with Crippen LogP contribution in [0.1, 0.15) is 69.0 Å². The molecule has 6 rings (SSSR count). The van der Waals surface area contributed by atoms with Crippen molar-refractivity contribution in [2.75, 3.05) is 18.4 Å². The van der Waals surface area contributed by atoms with Crippen molar-refractivity contribution in [3.05, 3.63) is 41.3 Å². The number of phenolic OH excluding ortho intramolecular Hbond substituents is 1. The van der Waals surface area contributed by atoms with Crippen molar-refractivity contribution in [2.24, 2.45) is 4.99 Å². The summed E-state index contributed by atoms with van der Waals surface area (Å²) in [7, 11) is 0. The zero-order valence-electron chi connectivity index (χ0n) is 18.2. The molecule has 1 aliphatic heterocycles. The van der Waals surface area contributed by atoms with Gasteiger partial charge in [0.1, 0.15) is 23.1 Å². The summed E-state index contributed by atoms with van der Waals surface area (Å²) in [6.45, 7) is 3.74. The molecule has 3 saturated carbocycles. The molecule has 5 N–H and O–H groups in total. The number of benzene rings is 1. The van der Waals surface area contributed by atoms with E-state index in [0.717, 1.165) is 87.6 Å². The van der Waals surface area contributed by atoms with Crippen LogP contribution in [0.5, 0.6) is 5.75 Å². The fraction of sp³-hybridized carbons (Fsp3) is 0.583. The predicted molar refractivity (Wildman–Crippen MR) is 122 cm³/mol. The van der Waals surface area contributed by atoms with Gasteiger partial charge in [0.15, 0.2) is 5.82 Å². The Bertz CT molecular complexity index is 940. The molecule has 166 valence electrons. The number of aliphatic imine (C=N–C) groups is 1. The summed E-state index contributed by atoms with van der Waals surface area (Å²) in [5.41, 5.74) is 1.74. The van der Waals surface area contributed by atoms with E-state index >= 15 is 0 Å². The normalized spacial score (nSPS) is 29.6. The smallest absolute Gasteiger partial charge is 0.155 e. The van der Waals surface area contributed by atoms with Gasteiger partial charge in [-0.25, -0.2) is 4.98 Å². The molecule has 3 fully saturated rings. The zero-order valence-corrected chi connectivity index (χ0v) is 18.2. The molecule has 1 aromatic heterocycles. The van der Waals surface area contributed by atoms with Crippen LogP contribution in [0.3, 0.4) is 0 Å². The number of amidine groups is 1. The molecule has 2 bridgehead atoms. The Morgan fingerprint density at radius 1 is 1.10 bits per heavy atom. The first-order valence-corrected chi connectivity index (χ1v) is 11.6. The summed E-state index contributed by atoms with van der Waals surface area (Å²) < 4.78 is 0. The Morgan fingerprint density at radius 2 is 1.81 bits per heavy atom. The summed E-state index contributed by atoms with van der Waals surface area (Å²) >= 11 is 0. The third-order valence-corrected chi connectivity index (χ3v) is 7.42. The van der Waals surface area contributed by atoms with Crippen LogP contribution < -0.4 is 10.6 Å². The molecule has 1 atom stereocenters. The van der Waals surface area contributed by atoms with E-state index in [0.29, 0.717) is 5.75 Å². The van der Waals surface area contributed by atoms with E-state index in [2.05, 4.69) is 22.5 Å². The van der Waals surface area contributed by atoms with Gasteiger partial charge in [0.05, 0.1) is 18.2 Å². The van der Waals surface area contributed by atoms with Gasteiger partial charge in [-0.05, 0) is 69.1 Å². The lowest BCUT2D eigenvalue weighted by Gasteiger charge is -2.49. The van der Waals surface area contributed by atoms with Gasteiger partial charge in [-0.1, -0.05) is 19.1 Å². The molecule has 3 aliphatic carbocycles. The van der Waals surface area contributed by atoms with Crippen molar-refractivity contribution in [3.63, 3.8) is 0 Å². The number of hydrogen-bond acceptors (Lipinski definition) is 6. The molecular formula is C24H33N5O2. The number of H-pyrrole nitrogens is 1. The van der Waals surface area contributed by atoms with Gasteiger partial charge < -0.3 is 25.8 Å². The fourth-order valence-electron chi connectivity index (χ4n) is 5.36. The summed E-state index contributed by atoms with van der Waals surface area (Å²) in [6.07, 6.45) is 7.48. The van der Waals surface area contributed by atoms with Gasteiger partial charge in [0.2, 0.25) is 0 Å². The molecule has 0 unspecified atom stereocenters. The van der Waals surface area contributed by atoms with E-state index in [1.54, 1.807) is 12.1 Å². The van der Waals surface area contributed by atoms with Crippen LogP contribution in [0.15, 0.2) is 29.3 Å². The Kier molecular flexibility index (Phi) is 5.16. The Hall–Kier alpha value is -2.54. The standard InChI is InChI=1S/C24H33N5O2/c1-2-13-25-20-19(21-26-15-17(27-21)14-16-3-5-18(30)6-4-16)28-22(29-20)23-7-10-24(31,11-8-23)12-9-23/h3-6,17,25,30-31H,2,7-15H2,1H3,(H,26,27)(H,28,29)/t17-,23?,24?/m1/s1. The number of anilines is 1. The van der Waals surface area contributed by atoms with Crippen molar-refractivity contribution in [2.45, 2.75) is 75.3 Å². The maximum Gasteiger partial charge on any atom is 0.155 e. The molecule has 7 heteroatoms. The van der Waals surface area contributed by atoms with Crippen molar-refractivity contribution in [1.82, 2.24) is 15.3 Å². The Labute approximate surface area is 183 Å². The number of phenols is 1. The number of imidazole rings is 1. The quantitative estimate of drug-likeness (QED) is 0.470. The summed E-state index contributed by atoms with van der Waals surface area (Å²) in [5, 5.41) is 27.2. The topological polar surface area (TPSA) is 106 Å². The lowest BCUT2D eigenvalue weighted by molar-refractivity contribution is -0.0678. The highest BCUT2D eigenvalue weighted by atomic mass is 16.3. The highest BCUT2D eigenvalue weighted by Crippen LogP contribution is 2.53. The highest BCUT2D eigenvalue weighted by Gasteiger charge is 2.50. The number of rotatable bonds is 7. The van der Waals surface area contributed by atoms with Crippen molar-refractivity contribution in [1.29, 1.82) is 0 Å². The first kappa shape index (κ1) is 20.4. The molecule has 0 saturated heterocycles. The Morgan fingerprint density at radius 3 is 2.48 bits per heavy atom. The number of hydrogen-bond donors (Lipinski definition) is 5. The molecule has 0 spiro atoms. The van der Waals surface area contributed by atoms with Crippen LogP contribution >= 0.6 is 0 Å². The number of nitrogens with zero attached hydrogens (tertiary/aromatic N) is 2. The van der Waals surface area contributed by atoms with Gasteiger partial charge >= 0.3 is 0 Å². The third-order valence-electron chi connectivity index (χ3n) is 7.42. The van der Waals surface area contributed by atoms with Crippen molar-refractivity contribution >= 4 is 11.7 Å². The molecule has 1 aromatic carbocycles. The SMILES string of the molecule is CCCNc1nc(C23CCC(O)(CC2)CC3)[nH]c1C1=NC[C@@H](Cc2ccc(O)cc2)N1. The second kappa shape index (κ2) is 7.86. The van der Waals surface area contributed by atoms with E-state index in [1.807, 2.05) is 12.1 Å². The summed E-state index contributed by atoms with van der Waals surface area (Å²) in [6, 6.07) is 7.61. The molecular weight excluding hydrogens is 390 g/mol. The zero-order chi connectivity index (χ0) is 21.5. The van der Waals surface area contributed by atoms with Crippen molar-refractivity contribution in [3.8, 4) is 5.75 Å². The lowest BCUT2D eigenvalue weighted by atomic mass is 9.58. The minimum absolute atomic E-state index is 0.0516. The first-order valence-electron chi connectivity index (χ1n) is 11.6. The summed E-state index contributed by atoms with van der Waals surface area (Å²) in [4.78, 5) is 13.5. The average Bonchev–Trinajstić information content (AvgIpc) is 3.42. The second-order valence-corrected chi connectivity index (χ2v) is 9.64. The number of aliphatic hydroxyl groups is 1. The number of nitrogens with one attached hydrogen (secondary N) is 3. The molecule has 2 aromatic rings. The molecule has 7 nitrogen and oxygen atoms in total. The Balaban J connectivity index is 1.35. The average molecular weight is 424 g/mol. The van der Waals surface area contributed by atoms with Crippen LogP contribution in [0.4, 0.5) is 5.82 Å². The number of aromatic hydroxyl groups is 1. The monoisotopic (exact) mass is 423 g/mol. The van der Waals surface area contributed by atoms with Gasteiger partial charge in [0, 0.05) is 12.0 Å². The maximum atomic E-state index is 10.6. The number of aromatic amines is 1. The molecule has 0 radical (unpaired) electrons. The predicted octanol–water partition coefficient (Wildman–Crippen LogP) is 3.24. The third kappa shape index (κ3) is 3.91. The number of aromatic nitrogens is 2. The van der Waals surface area contributed by atoms with Gasteiger partial charge in [-0.3, -0.25) is 4.99 Å². The maximum absolute atomic E-state index is 10.6. The van der Waals surface area contributed by atoms with Crippen molar-refractivity contribution < 1.29 is 10.2 Å².